The van der Waals surface area contributed by atoms with Gasteiger partial charge in [0.15, 0.2) is 7.25 Å². The topological polar surface area (TPSA) is 143 Å². The Hall–Kier alpha value is 0.310. The number of rotatable bonds is 10. The van der Waals surface area contributed by atoms with Gasteiger partial charge in [0.2, 0.25) is 7.57 Å². The van der Waals surface area contributed by atoms with Gasteiger partial charge in [0, 0.05) is 6.42 Å². The number of aliphatic hydroxyl groups is 2. The smallest absolute Gasteiger partial charge is 0.388 e. The monoisotopic (exact) mass is 442 g/mol. The fourth-order valence-electron chi connectivity index (χ4n) is 3.52. The Balaban J connectivity index is 3.07. The first kappa shape index (κ1) is 26.3. The van der Waals surface area contributed by atoms with Crippen molar-refractivity contribution in [3.05, 3.63) is 0 Å². The lowest BCUT2D eigenvalue weighted by Crippen LogP contribution is -2.43. The van der Waals surface area contributed by atoms with Gasteiger partial charge in [-0.25, -0.2) is 4.57 Å². The van der Waals surface area contributed by atoms with Gasteiger partial charge in [-0.3, -0.25) is 4.52 Å². The molecule has 4 unspecified atom stereocenters. The molecule has 1 saturated heterocycles. The molecule has 28 heavy (non-hydrogen) atoms. The van der Waals surface area contributed by atoms with E-state index < -0.39 is 56.2 Å². The second-order valence-electron chi connectivity index (χ2n) is 8.25. The minimum atomic E-state index is -4.76. The van der Waals surface area contributed by atoms with Gasteiger partial charge in [-0.15, -0.1) is 0 Å². The van der Waals surface area contributed by atoms with Crippen molar-refractivity contribution in [2.45, 2.75) is 95.1 Å². The molecule has 0 amide bonds. The van der Waals surface area contributed by atoms with Crippen molar-refractivity contribution in [2.24, 2.45) is 0 Å². The molecule has 1 aliphatic heterocycles. The summed E-state index contributed by atoms with van der Waals surface area (Å²) in [5, 5.41) is 19.0. The van der Waals surface area contributed by atoms with Crippen LogP contribution in [0.2, 0.25) is 0 Å². The maximum absolute atomic E-state index is 13.6. The quantitative estimate of drug-likeness (QED) is 0.275. The summed E-state index contributed by atoms with van der Waals surface area (Å²) < 4.78 is 41.5. The van der Waals surface area contributed by atoms with Crippen LogP contribution in [0.1, 0.15) is 53.9 Å². The van der Waals surface area contributed by atoms with Crippen LogP contribution in [0.5, 0.6) is 0 Å². The van der Waals surface area contributed by atoms with Crippen LogP contribution in [0.25, 0.3) is 0 Å². The molecule has 0 saturated carbocycles. The van der Waals surface area contributed by atoms with Crippen LogP contribution in [-0.4, -0.2) is 76.6 Å². The molecule has 1 aliphatic rings. The number of hydrogen-bond acceptors (Lipinski definition) is 7. The van der Waals surface area contributed by atoms with Crippen LogP contribution in [-0.2, 0) is 22.9 Å². The van der Waals surface area contributed by atoms with E-state index in [-0.39, 0.29) is 6.42 Å². The van der Waals surface area contributed by atoms with Crippen LogP contribution in [0.15, 0.2) is 0 Å². The third-order valence-electron chi connectivity index (χ3n) is 6.19. The van der Waals surface area contributed by atoms with E-state index in [1.165, 1.54) is 14.5 Å². The maximum Gasteiger partial charge on any atom is 0.469 e. The number of aliphatic hydroxyl groups excluding tert-OH is 2. The Morgan fingerprint density at radius 2 is 1.68 bits per heavy atom. The van der Waals surface area contributed by atoms with Gasteiger partial charge in [0.05, 0.1) is 29.0 Å². The summed E-state index contributed by atoms with van der Waals surface area (Å²) in [5.74, 6) is 0. The van der Waals surface area contributed by atoms with Crippen LogP contribution >= 0.6 is 15.1 Å². The lowest BCUT2D eigenvalue weighted by atomic mass is 9.90. The van der Waals surface area contributed by atoms with E-state index in [2.05, 4.69) is 0 Å². The predicted octanol–water partition coefficient (Wildman–Crippen LogP) is 0.134. The summed E-state index contributed by atoms with van der Waals surface area (Å²) >= 11 is 0. The number of phosphoric ester groups is 1. The van der Waals surface area contributed by atoms with E-state index in [4.69, 9.17) is 23.6 Å². The zero-order chi connectivity index (χ0) is 22.1. The Morgan fingerprint density at radius 3 is 2.04 bits per heavy atom. The predicted molar refractivity (Wildman–Crippen MR) is 111 cm³/mol. The second kappa shape index (κ2) is 9.21. The van der Waals surface area contributed by atoms with E-state index >= 15 is 0 Å². The largest absolute Gasteiger partial charge is 0.469 e. The van der Waals surface area contributed by atoms with Crippen molar-refractivity contribution in [2.75, 3.05) is 0 Å². The molecule has 0 aliphatic carbocycles. The molecule has 9 nitrogen and oxygen atoms in total. The van der Waals surface area contributed by atoms with Crippen molar-refractivity contribution in [1.82, 2.24) is 0 Å². The van der Waals surface area contributed by atoms with E-state index in [0.29, 0.717) is 12.8 Å². The molecule has 164 valence electrons. The Kier molecular flexibility index (Phi) is 8.66. The SMILES string of the molecule is B[C@@H]1O[C@H](CC(C)(CC)OP(B)(=O)C(C)(CC)C(C)OP(=O)(O)O)[C@@H](O)[C@H]1O. The molecule has 0 bridgehead atoms. The number of phosphoric acid groups is 1. The van der Waals surface area contributed by atoms with Gasteiger partial charge in [0.25, 0.3) is 0 Å². The first-order valence-corrected chi connectivity index (χ1v) is 13.2. The Bertz CT molecular complexity index is 633. The molecule has 0 aromatic carbocycles. The maximum atomic E-state index is 13.6. The fraction of sp³-hybridized carbons (Fsp3) is 1.00. The molecular formula is C15H34B2O9P2. The van der Waals surface area contributed by atoms with Gasteiger partial charge in [-0.2, -0.15) is 0 Å². The van der Waals surface area contributed by atoms with Crippen molar-refractivity contribution in [3.8, 4) is 0 Å². The Morgan fingerprint density at radius 1 is 1.14 bits per heavy atom. The van der Waals surface area contributed by atoms with Gasteiger partial charge in [0.1, 0.15) is 20.1 Å². The molecule has 0 radical (unpaired) electrons. The van der Waals surface area contributed by atoms with E-state index in [9.17, 15) is 19.3 Å². The summed E-state index contributed by atoms with van der Waals surface area (Å²) in [4.78, 5) is 18.3. The summed E-state index contributed by atoms with van der Waals surface area (Å²) in [6, 6.07) is -0.521. The van der Waals surface area contributed by atoms with Crippen molar-refractivity contribution >= 4 is 30.5 Å². The molecule has 13 heteroatoms. The first-order chi connectivity index (χ1) is 12.5. The van der Waals surface area contributed by atoms with E-state index in [0.717, 1.165) is 0 Å². The highest BCUT2D eigenvalue weighted by Crippen LogP contribution is 2.63. The molecule has 0 aromatic heterocycles. The fourth-order valence-corrected chi connectivity index (χ4v) is 6.79. The Labute approximate surface area is 169 Å². The molecule has 0 aromatic rings. The molecular weight excluding hydrogens is 408 g/mol. The summed E-state index contributed by atoms with van der Waals surface area (Å²) in [6.07, 6.45) is -2.81. The van der Waals surface area contributed by atoms with Gasteiger partial charge < -0.3 is 33.8 Å². The number of ether oxygens (including phenoxy) is 1. The van der Waals surface area contributed by atoms with Crippen LogP contribution in [0, 0.1) is 0 Å². The highest BCUT2D eigenvalue weighted by Gasteiger charge is 2.51. The minimum Gasteiger partial charge on any atom is -0.388 e. The zero-order valence-electron chi connectivity index (χ0n) is 17.7. The second-order valence-corrected chi connectivity index (χ2v) is 12.3. The molecule has 4 N–H and O–H groups in total. The number of hydrogen-bond donors (Lipinski definition) is 4. The average molecular weight is 442 g/mol. The van der Waals surface area contributed by atoms with Crippen LogP contribution in [0.4, 0.5) is 0 Å². The third kappa shape index (κ3) is 5.93. The summed E-state index contributed by atoms with van der Waals surface area (Å²) in [5.41, 5.74) is -0.946. The lowest BCUT2D eigenvalue weighted by molar-refractivity contribution is -0.0336. The standard InChI is InChI=1S/C15H34B2O9P2/c1-6-14(4,8-10-11(18)12(19)13(16)24-10)26-27(17,20)15(5,7-2)9(3)25-28(21,22)23/h9-13,18-19H,6-8,16-17H2,1-5H3,(H2,21,22,23)/t9?,10-,11-,12-,13-,14?,15?,27?/m1/s1. The van der Waals surface area contributed by atoms with Gasteiger partial charge in [-0.05, 0) is 33.6 Å². The van der Waals surface area contributed by atoms with Crippen LogP contribution in [0.3, 0.4) is 0 Å². The summed E-state index contributed by atoms with van der Waals surface area (Å²) in [7, 11) is -5.13. The highest BCUT2D eigenvalue weighted by atomic mass is 31.2. The lowest BCUT2D eigenvalue weighted by Gasteiger charge is -2.44. The van der Waals surface area contributed by atoms with Crippen LogP contribution < -0.4 is 0 Å². The van der Waals surface area contributed by atoms with Gasteiger partial charge >= 0.3 is 7.82 Å². The van der Waals surface area contributed by atoms with Crippen molar-refractivity contribution in [1.29, 1.82) is 0 Å². The zero-order valence-corrected chi connectivity index (χ0v) is 19.5. The highest BCUT2D eigenvalue weighted by molar-refractivity contribution is 7.84. The van der Waals surface area contributed by atoms with E-state index in [1.807, 2.05) is 6.92 Å². The minimum absolute atomic E-state index is 0.206. The van der Waals surface area contributed by atoms with Crippen molar-refractivity contribution in [3.63, 3.8) is 0 Å². The van der Waals surface area contributed by atoms with Crippen molar-refractivity contribution < 1.29 is 42.9 Å². The average Bonchev–Trinajstić information content (AvgIpc) is 2.78. The first-order valence-electron chi connectivity index (χ1n) is 9.56. The molecule has 1 heterocycles. The molecule has 8 atom stereocenters. The molecule has 1 rings (SSSR count). The third-order valence-corrected chi connectivity index (χ3v) is 10.1. The van der Waals surface area contributed by atoms with E-state index in [1.54, 1.807) is 28.6 Å². The summed E-state index contributed by atoms with van der Waals surface area (Å²) in [6.45, 7) is 8.44. The molecule has 0 spiro atoms. The normalized spacial score (nSPS) is 33.6. The van der Waals surface area contributed by atoms with Gasteiger partial charge in [-0.1, -0.05) is 13.8 Å². The molecule has 1 fully saturated rings.